The molecule has 0 aliphatic heterocycles. The zero-order chi connectivity index (χ0) is 12.2. The number of ether oxygens (including phenoxy) is 1. The minimum Gasteiger partial charge on any atom is -0.494 e. The summed E-state index contributed by atoms with van der Waals surface area (Å²) in [7, 11) is 0. The van der Waals surface area contributed by atoms with E-state index in [4.69, 9.17) is 10.00 Å². The summed E-state index contributed by atoms with van der Waals surface area (Å²) in [4.78, 5) is 0. The van der Waals surface area contributed by atoms with Crippen LogP contribution in [0.5, 0.6) is 5.75 Å². The number of hydrogen-bond acceptors (Lipinski definition) is 2. The molecule has 0 N–H and O–H groups in total. The minimum absolute atomic E-state index is 0.306. The van der Waals surface area contributed by atoms with Crippen LogP contribution in [0.4, 0.5) is 0 Å². The SMILES string of the molecule is CCOc1ccc(CC(C)(C)C#N)cc1C. The molecule has 0 saturated heterocycles. The minimum atomic E-state index is -0.306. The van der Waals surface area contributed by atoms with Crippen LogP contribution in [-0.2, 0) is 6.42 Å². The van der Waals surface area contributed by atoms with E-state index in [0.29, 0.717) is 6.61 Å². The third-order valence-corrected chi connectivity index (χ3v) is 2.49. The lowest BCUT2D eigenvalue weighted by molar-refractivity contribution is 0.337. The molecule has 0 fully saturated rings. The van der Waals surface area contributed by atoms with Gasteiger partial charge in [0.15, 0.2) is 0 Å². The first-order valence-corrected chi connectivity index (χ1v) is 5.62. The average molecular weight is 217 g/mol. The zero-order valence-corrected chi connectivity index (χ0v) is 10.5. The van der Waals surface area contributed by atoms with Gasteiger partial charge < -0.3 is 4.74 Å². The van der Waals surface area contributed by atoms with Crippen molar-refractivity contribution in [3.05, 3.63) is 29.3 Å². The summed E-state index contributed by atoms with van der Waals surface area (Å²) in [6.07, 6.45) is 0.775. The largest absolute Gasteiger partial charge is 0.494 e. The summed E-state index contributed by atoms with van der Waals surface area (Å²) in [5.41, 5.74) is 2.01. The molecule has 0 amide bonds. The highest BCUT2D eigenvalue weighted by atomic mass is 16.5. The summed E-state index contributed by atoms with van der Waals surface area (Å²) < 4.78 is 5.48. The lowest BCUT2D eigenvalue weighted by Gasteiger charge is -2.16. The second kappa shape index (κ2) is 5.03. The summed E-state index contributed by atoms with van der Waals surface area (Å²) in [5, 5.41) is 8.99. The number of nitriles is 1. The fraction of sp³-hybridized carbons (Fsp3) is 0.500. The van der Waals surface area contributed by atoms with Crippen molar-refractivity contribution in [2.75, 3.05) is 6.61 Å². The molecule has 0 aromatic heterocycles. The van der Waals surface area contributed by atoms with E-state index < -0.39 is 0 Å². The van der Waals surface area contributed by atoms with Crippen molar-refractivity contribution >= 4 is 0 Å². The maximum atomic E-state index is 8.99. The van der Waals surface area contributed by atoms with E-state index in [1.165, 1.54) is 5.56 Å². The molecule has 0 aliphatic carbocycles. The van der Waals surface area contributed by atoms with Crippen LogP contribution < -0.4 is 4.74 Å². The molecule has 2 nitrogen and oxygen atoms in total. The molecular weight excluding hydrogens is 198 g/mol. The van der Waals surface area contributed by atoms with Gasteiger partial charge in [-0.3, -0.25) is 0 Å². The normalized spacial score (nSPS) is 10.9. The Morgan fingerprint density at radius 3 is 2.56 bits per heavy atom. The molecule has 0 bridgehead atoms. The van der Waals surface area contributed by atoms with Crippen LogP contribution in [0.15, 0.2) is 18.2 Å². The average Bonchev–Trinajstić information content (AvgIpc) is 2.22. The first-order chi connectivity index (χ1) is 7.48. The molecule has 0 aliphatic rings. The van der Waals surface area contributed by atoms with E-state index in [1.54, 1.807) is 0 Å². The highest BCUT2D eigenvalue weighted by molar-refractivity contribution is 5.36. The molecule has 0 heterocycles. The first-order valence-electron chi connectivity index (χ1n) is 5.62. The van der Waals surface area contributed by atoms with E-state index >= 15 is 0 Å². The topological polar surface area (TPSA) is 33.0 Å². The Hall–Kier alpha value is -1.49. The molecule has 0 saturated carbocycles. The van der Waals surface area contributed by atoms with Crippen LogP contribution in [0.1, 0.15) is 31.9 Å². The van der Waals surface area contributed by atoms with E-state index in [-0.39, 0.29) is 5.41 Å². The zero-order valence-electron chi connectivity index (χ0n) is 10.5. The van der Waals surface area contributed by atoms with Gasteiger partial charge in [-0.2, -0.15) is 5.26 Å². The Balaban J connectivity index is 2.86. The number of rotatable bonds is 4. The van der Waals surface area contributed by atoms with Crippen molar-refractivity contribution in [2.45, 2.75) is 34.1 Å². The molecule has 0 atom stereocenters. The van der Waals surface area contributed by atoms with Gasteiger partial charge in [0, 0.05) is 0 Å². The second-order valence-electron chi connectivity index (χ2n) is 4.71. The van der Waals surface area contributed by atoms with Gasteiger partial charge in [-0.05, 0) is 51.3 Å². The van der Waals surface area contributed by atoms with Gasteiger partial charge >= 0.3 is 0 Å². The predicted molar refractivity (Wildman–Crippen MR) is 65.4 cm³/mol. The summed E-state index contributed by atoms with van der Waals surface area (Å²) >= 11 is 0. The Bertz CT molecular complexity index is 402. The van der Waals surface area contributed by atoms with Gasteiger partial charge in [-0.25, -0.2) is 0 Å². The number of nitrogens with zero attached hydrogens (tertiary/aromatic N) is 1. The monoisotopic (exact) mass is 217 g/mol. The van der Waals surface area contributed by atoms with E-state index in [0.717, 1.165) is 17.7 Å². The third kappa shape index (κ3) is 3.27. The Morgan fingerprint density at radius 1 is 1.38 bits per heavy atom. The molecule has 16 heavy (non-hydrogen) atoms. The summed E-state index contributed by atoms with van der Waals surface area (Å²) in [5.74, 6) is 0.931. The molecule has 86 valence electrons. The van der Waals surface area contributed by atoms with Crippen molar-refractivity contribution < 1.29 is 4.74 Å². The highest BCUT2D eigenvalue weighted by Crippen LogP contribution is 2.25. The van der Waals surface area contributed by atoms with Gasteiger partial charge in [-0.1, -0.05) is 12.1 Å². The van der Waals surface area contributed by atoms with Crippen LogP contribution in [0.3, 0.4) is 0 Å². The van der Waals surface area contributed by atoms with Crippen molar-refractivity contribution in [2.24, 2.45) is 5.41 Å². The molecule has 1 aromatic carbocycles. The Kier molecular flexibility index (Phi) is 3.95. The highest BCUT2D eigenvalue weighted by Gasteiger charge is 2.17. The number of benzene rings is 1. The van der Waals surface area contributed by atoms with Crippen LogP contribution in [0.2, 0.25) is 0 Å². The van der Waals surface area contributed by atoms with Crippen LogP contribution in [-0.4, -0.2) is 6.61 Å². The fourth-order valence-electron chi connectivity index (χ4n) is 1.69. The maximum Gasteiger partial charge on any atom is 0.122 e. The van der Waals surface area contributed by atoms with Gasteiger partial charge in [0.1, 0.15) is 5.75 Å². The lowest BCUT2D eigenvalue weighted by Crippen LogP contribution is -2.11. The molecule has 0 radical (unpaired) electrons. The fourth-order valence-corrected chi connectivity index (χ4v) is 1.69. The quantitative estimate of drug-likeness (QED) is 0.773. The molecule has 2 heteroatoms. The predicted octanol–water partition coefficient (Wildman–Crippen LogP) is 3.49. The van der Waals surface area contributed by atoms with Crippen molar-refractivity contribution in [1.29, 1.82) is 5.26 Å². The van der Waals surface area contributed by atoms with Gasteiger partial charge in [-0.15, -0.1) is 0 Å². The standard InChI is InChI=1S/C14H19NO/c1-5-16-13-7-6-12(8-11(13)2)9-14(3,4)10-15/h6-8H,5,9H2,1-4H3. The number of hydrogen-bond donors (Lipinski definition) is 0. The molecular formula is C14H19NO. The van der Waals surface area contributed by atoms with Crippen molar-refractivity contribution in [3.63, 3.8) is 0 Å². The Labute approximate surface area is 97.9 Å². The third-order valence-electron chi connectivity index (χ3n) is 2.49. The van der Waals surface area contributed by atoms with Crippen molar-refractivity contribution in [1.82, 2.24) is 0 Å². The van der Waals surface area contributed by atoms with Crippen LogP contribution in [0.25, 0.3) is 0 Å². The van der Waals surface area contributed by atoms with E-state index in [2.05, 4.69) is 12.1 Å². The van der Waals surface area contributed by atoms with Gasteiger partial charge in [0.2, 0.25) is 0 Å². The van der Waals surface area contributed by atoms with E-state index in [9.17, 15) is 0 Å². The van der Waals surface area contributed by atoms with Crippen LogP contribution in [0, 0.1) is 23.7 Å². The van der Waals surface area contributed by atoms with Crippen molar-refractivity contribution in [3.8, 4) is 11.8 Å². The maximum absolute atomic E-state index is 8.99. The molecule has 1 aromatic rings. The molecule has 0 unspecified atom stereocenters. The summed E-state index contributed by atoms with van der Waals surface area (Å²) in [6.45, 7) is 8.61. The van der Waals surface area contributed by atoms with Gasteiger partial charge in [0.05, 0.1) is 18.1 Å². The first kappa shape index (κ1) is 12.6. The molecule has 0 spiro atoms. The second-order valence-corrected chi connectivity index (χ2v) is 4.71. The van der Waals surface area contributed by atoms with Gasteiger partial charge in [0.25, 0.3) is 0 Å². The smallest absolute Gasteiger partial charge is 0.122 e. The molecule has 1 rings (SSSR count). The Morgan fingerprint density at radius 2 is 2.06 bits per heavy atom. The summed E-state index contributed by atoms with van der Waals surface area (Å²) in [6, 6.07) is 8.45. The lowest BCUT2D eigenvalue weighted by atomic mass is 9.87. The van der Waals surface area contributed by atoms with Crippen LogP contribution >= 0.6 is 0 Å². The van der Waals surface area contributed by atoms with E-state index in [1.807, 2.05) is 39.8 Å². The number of aryl methyl sites for hydroxylation is 1.